The number of unbranched alkanes of at least 4 members (excludes halogenated alkanes) is 23. The first-order valence-electron chi connectivity index (χ1n) is 20.6. The third-order valence-corrected chi connectivity index (χ3v) is 14.8. The summed E-state index contributed by atoms with van der Waals surface area (Å²) >= 11 is 0. The molecule has 0 spiro atoms. The highest BCUT2D eigenvalue weighted by Gasteiger charge is 2.36. The van der Waals surface area contributed by atoms with Crippen molar-refractivity contribution in [2.24, 2.45) is 0 Å². The molecule has 0 aromatic heterocycles. The molecule has 0 amide bonds. The minimum Gasteiger partial charge on any atom is -0.462 e. The summed E-state index contributed by atoms with van der Waals surface area (Å²) in [5.41, 5.74) is 0. The third-order valence-electron chi connectivity index (χ3n) is 10.3. The van der Waals surface area contributed by atoms with Crippen LogP contribution in [0.25, 0.3) is 0 Å². The third kappa shape index (κ3) is 29.5. The molecule has 3 nitrogen and oxygen atoms in total. The van der Waals surface area contributed by atoms with Crippen LogP contribution in [0.2, 0.25) is 18.1 Å². The zero-order valence-corrected chi connectivity index (χ0v) is 33.7. The smallest absolute Gasteiger partial charge is 0.306 e. The van der Waals surface area contributed by atoms with Crippen molar-refractivity contribution in [2.75, 3.05) is 6.61 Å². The van der Waals surface area contributed by atoms with Crippen LogP contribution in [0.1, 0.15) is 221 Å². The van der Waals surface area contributed by atoms with Crippen molar-refractivity contribution >= 4 is 14.3 Å². The molecule has 0 bridgehead atoms. The summed E-state index contributed by atoms with van der Waals surface area (Å²) in [7, 11) is -1.58. The standard InChI is InChI=1S/C42H84O3Si/c1-8-10-12-14-15-16-17-18-19-20-21-24-27-30-34-38-41(43)45-40(36-32-13-11-9-2)37-33-29-26-23-22-25-28-31-35-39-44-46(6,7)42(3,4)5/h29,33,40H,8-28,30-32,34-39H2,1-7H3/b33-29-. The minimum absolute atomic E-state index is 0.0262. The van der Waals surface area contributed by atoms with Gasteiger partial charge in [-0.25, -0.2) is 0 Å². The molecule has 0 N–H and O–H groups in total. The van der Waals surface area contributed by atoms with Crippen LogP contribution in [0, 0.1) is 0 Å². The summed E-state index contributed by atoms with van der Waals surface area (Å²) in [6, 6.07) is 0. The van der Waals surface area contributed by atoms with Crippen LogP contribution in [0.5, 0.6) is 0 Å². The molecule has 0 aromatic rings. The minimum atomic E-state index is -1.58. The lowest BCUT2D eigenvalue weighted by atomic mass is 10.0. The van der Waals surface area contributed by atoms with E-state index >= 15 is 0 Å². The number of hydrogen-bond acceptors (Lipinski definition) is 3. The molecular formula is C42H84O3Si. The molecule has 1 unspecified atom stereocenters. The predicted octanol–water partition coefficient (Wildman–Crippen LogP) is 14.8. The Morgan fingerprint density at radius 1 is 0.587 bits per heavy atom. The molecule has 0 aromatic carbocycles. The van der Waals surface area contributed by atoms with Crippen LogP contribution in [0.4, 0.5) is 0 Å². The summed E-state index contributed by atoms with van der Waals surface area (Å²) in [5, 5.41) is 0.308. The number of carbonyl (C=O) groups is 1. The Labute approximate surface area is 291 Å². The van der Waals surface area contributed by atoms with Gasteiger partial charge < -0.3 is 9.16 Å². The Balaban J connectivity index is 3.92. The molecule has 0 fully saturated rings. The van der Waals surface area contributed by atoms with E-state index in [-0.39, 0.29) is 12.1 Å². The molecule has 0 aliphatic rings. The van der Waals surface area contributed by atoms with Gasteiger partial charge in [0, 0.05) is 19.4 Å². The predicted molar refractivity (Wildman–Crippen MR) is 207 cm³/mol. The first kappa shape index (κ1) is 45.4. The maximum absolute atomic E-state index is 12.6. The van der Waals surface area contributed by atoms with Crippen LogP contribution in [0.15, 0.2) is 12.2 Å². The van der Waals surface area contributed by atoms with Crippen molar-refractivity contribution in [2.45, 2.75) is 245 Å². The molecule has 0 rings (SSSR count). The summed E-state index contributed by atoms with van der Waals surface area (Å²) < 4.78 is 12.3. The quantitative estimate of drug-likeness (QED) is 0.0297. The number of hydrogen-bond donors (Lipinski definition) is 0. The van der Waals surface area contributed by atoms with Crippen molar-refractivity contribution in [3.8, 4) is 0 Å². The Morgan fingerprint density at radius 2 is 1.02 bits per heavy atom. The molecule has 0 saturated heterocycles. The molecule has 0 radical (unpaired) electrons. The van der Waals surface area contributed by atoms with Gasteiger partial charge in [-0.1, -0.05) is 182 Å². The summed E-state index contributed by atoms with van der Waals surface area (Å²) in [6.45, 7) is 17.1. The second kappa shape index (κ2) is 31.6. The average Bonchev–Trinajstić information content (AvgIpc) is 3.00. The maximum Gasteiger partial charge on any atom is 0.306 e. The molecular weight excluding hydrogens is 581 g/mol. The van der Waals surface area contributed by atoms with E-state index < -0.39 is 8.32 Å². The van der Waals surface area contributed by atoms with E-state index in [2.05, 4.69) is 59.9 Å². The monoisotopic (exact) mass is 665 g/mol. The number of ether oxygens (including phenoxy) is 1. The van der Waals surface area contributed by atoms with Crippen LogP contribution in [-0.4, -0.2) is 27.0 Å². The molecule has 274 valence electrons. The Morgan fingerprint density at radius 3 is 1.52 bits per heavy atom. The maximum atomic E-state index is 12.6. The molecule has 0 aliphatic carbocycles. The molecule has 0 aliphatic heterocycles. The first-order valence-corrected chi connectivity index (χ1v) is 23.5. The van der Waals surface area contributed by atoms with Gasteiger partial charge in [-0.2, -0.15) is 0 Å². The fourth-order valence-electron chi connectivity index (χ4n) is 5.89. The second-order valence-electron chi connectivity index (χ2n) is 15.9. The number of allylic oxidation sites excluding steroid dienone is 1. The van der Waals surface area contributed by atoms with E-state index in [0.717, 1.165) is 32.3 Å². The van der Waals surface area contributed by atoms with Gasteiger partial charge in [-0.05, 0) is 56.7 Å². The normalized spacial score (nSPS) is 13.1. The topological polar surface area (TPSA) is 35.5 Å². The van der Waals surface area contributed by atoms with Crippen LogP contribution < -0.4 is 0 Å². The SMILES string of the molecule is CCCCCCCCCCCCCCCCCC(=O)OC(C/C=C\CCCCCCCCO[Si](C)(C)C(C)(C)C)CCCCCC. The van der Waals surface area contributed by atoms with Gasteiger partial charge in [-0.3, -0.25) is 4.79 Å². The van der Waals surface area contributed by atoms with Gasteiger partial charge in [0.2, 0.25) is 0 Å². The van der Waals surface area contributed by atoms with Crippen LogP contribution >= 0.6 is 0 Å². The highest BCUT2D eigenvalue weighted by molar-refractivity contribution is 6.74. The van der Waals surface area contributed by atoms with Gasteiger partial charge in [-0.15, -0.1) is 0 Å². The lowest BCUT2D eigenvalue weighted by Crippen LogP contribution is -2.40. The van der Waals surface area contributed by atoms with Crippen molar-refractivity contribution in [1.82, 2.24) is 0 Å². The van der Waals surface area contributed by atoms with Gasteiger partial charge >= 0.3 is 5.97 Å². The Kier molecular flexibility index (Phi) is 31.2. The first-order chi connectivity index (χ1) is 22.1. The van der Waals surface area contributed by atoms with Crippen LogP contribution in [-0.2, 0) is 14.0 Å². The fourth-order valence-corrected chi connectivity index (χ4v) is 6.98. The molecule has 46 heavy (non-hydrogen) atoms. The van der Waals surface area contributed by atoms with Gasteiger partial charge in [0.05, 0.1) is 0 Å². The van der Waals surface area contributed by atoms with E-state index in [9.17, 15) is 4.79 Å². The molecule has 1 atom stereocenters. The highest BCUT2D eigenvalue weighted by Crippen LogP contribution is 2.36. The van der Waals surface area contributed by atoms with E-state index in [0.29, 0.717) is 11.5 Å². The number of esters is 1. The zero-order valence-electron chi connectivity index (χ0n) is 32.7. The van der Waals surface area contributed by atoms with Crippen molar-refractivity contribution < 1.29 is 14.0 Å². The lowest BCUT2D eigenvalue weighted by Gasteiger charge is -2.36. The lowest BCUT2D eigenvalue weighted by molar-refractivity contribution is -0.149. The molecule has 0 heterocycles. The van der Waals surface area contributed by atoms with Gasteiger partial charge in [0.25, 0.3) is 0 Å². The van der Waals surface area contributed by atoms with E-state index in [1.54, 1.807) is 0 Å². The Bertz CT molecular complexity index is 681. The van der Waals surface area contributed by atoms with Crippen LogP contribution in [0.3, 0.4) is 0 Å². The van der Waals surface area contributed by atoms with Gasteiger partial charge in [0.15, 0.2) is 8.32 Å². The van der Waals surface area contributed by atoms with Crippen molar-refractivity contribution in [1.29, 1.82) is 0 Å². The largest absolute Gasteiger partial charge is 0.462 e. The second-order valence-corrected chi connectivity index (χ2v) is 20.7. The molecule has 0 saturated carbocycles. The Hall–Kier alpha value is -0.613. The summed E-state index contributed by atoms with van der Waals surface area (Å²) in [4.78, 5) is 12.6. The summed E-state index contributed by atoms with van der Waals surface area (Å²) in [6.07, 6.45) is 41.2. The number of carbonyl (C=O) groups excluding carboxylic acids is 1. The van der Waals surface area contributed by atoms with E-state index in [4.69, 9.17) is 9.16 Å². The summed E-state index contributed by atoms with van der Waals surface area (Å²) in [5.74, 6) is 0.0262. The van der Waals surface area contributed by atoms with E-state index in [1.165, 1.54) is 154 Å². The highest BCUT2D eigenvalue weighted by atomic mass is 28.4. The van der Waals surface area contributed by atoms with E-state index in [1.807, 2.05) is 0 Å². The number of rotatable bonds is 34. The zero-order chi connectivity index (χ0) is 34.2. The molecule has 4 heteroatoms. The van der Waals surface area contributed by atoms with Crippen molar-refractivity contribution in [3.05, 3.63) is 12.2 Å². The van der Waals surface area contributed by atoms with Gasteiger partial charge in [0.1, 0.15) is 6.10 Å². The average molecular weight is 665 g/mol. The fraction of sp³-hybridized carbons (Fsp3) is 0.929. The van der Waals surface area contributed by atoms with Crippen molar-refractivity contribution in [3.63, 3.8) is 0 Å².